The van der Waals surface area contributed by atoms with Gasteiger partial charge >= 0.3 is 0 Å². The van der Waals surface area contributed by atoms with Gasteiger partial charge in [0.05, 0.1) is 0 Å². The van der Waals surface area contributed by atoms with Crippen molar-refractivity contribution in [2.75, 3.05) is 18.0 Å². The first kappa shape index (κ1) is 12.2. The molecule has 1 aromatic carbocycles. The molecule has 2 rings (SSSR count). The summed E-state index contributed by atoms with van der Waals surface area (Å²) >= 11 is 2.35. The summed E-state index contributed by atoms with van der Waals surface area (Å²) in [6.07, 6.45) is 1.25. The molecule has 16 heavy (non-hydrogen) atoms. The van der Waals surface area contributed by atoms with Gasteiger partial charge in [-0.1, -0.05) is 13.8 Å². The van der Waals surface area contributed by atoms with Crippen molar-refractivity contribution in [3.63, 3.8) is 0 Å². The number of halogens is 1. The molecule has 3 heteroatoms. The summed E-state index contributed by atoms with van der Waals surface area (Å²) in [6, 6.07) is 10.0. The summed E-state index contributed by atoms with van der Waals surface area (Å²) in [5.41, 5.74) is 1.36. The Morgan fingerprint density at radius 3 is 2.62 bits per heavy atom. The van der Waals surface area contributed by atoms with Gasteiger partial charge in [0.15, 0.2) is 0 Å². The van der Waals surface area contributed by atoms with Crippen LogP contribution in [-0.4, -0.2) is 25.2 Å². The number of nitrogens with one attached hydrogen (secondary N) is 1. The van der Waals surface area contributed by atoms with E-state index in [1.807, 2.05) is 0 Å². The van der Waals surface area contributed by atoms with Gasteiger partial charge in [0.1, 0.15) is 0 Å². The fraction of sp³-hybridized carbons (Fsp3) is 0.538. The highest BCUT2D eigenvalue weighted by Crippen LogP contribution is 2.21. The first-order chi connectivity index (χ1) is 7.65. The Labute approximate surface area is 112 Å². The predicted octanol–water partition coefficient (Wildman–Crippen LogP) is 2.87. The van der Waals surface area contributed by atoms with Crippen molar-refractivity contribution in [2.45, 2.75) is 32.4 Å². The van der Waals surface area contributed by atoms with E-state index in [9.17, 15) is 0 Å². The number of nitrogens with zero attached hydrogens (tertiary/aromatic N) is 1. The highest BCUT2D eigenvalue weighted by molar-refractivity contribution is 14.1. The van der Waals surface area contributed by atoms with E-state index in [2.05, 4.69) is 70.9 Å². The Balaban J connectivity index is 1.95. The molecule has 1 N–H and O–H groups in total. The van der Waals surface area contributed by atoms with Gasteiger partial charge in [0.25, 0.3) is 0 Å². The Kier molecular flexibility index (Phi) is 4.08. The normalized spacial score (nSPS) is 20.8. The summed E-state index contributed by atoms with van der Waals surface area (Å²) in [6.45, 7) is 6.74. The number of rotatable bonds is 3. The Morgan fingerprint density at radius 2 is 2.00 bits per heavy atom. The van der Waals surface area contributed by atoms with Crippen molar-refractivity contribution in [2.24, 2.45) is 0 Å². The monoisotopic (exact) mass is 330 g/mol. The van der Waals surface area contributed by atoms with E-state index in [0.717, 1.165) is 6.54 Å². The van der Waals surface area contributed by atoms with Crippen molar-refractivity contribution in [3.8, 4) is 0 Å². The predicted molar refractivity (Wildman–Crippen MR) is 78.0 cm³/mol. The van der Waals surface area contributed by atoms with E-state index in [0.29, 0.717) is 12.1 Å². The molecule has 1 aliphatic heterocycles. The fourth-order valence-corrected chi connectivity index (χ4v) is 2.61. The fourth-order valence-electron chi connectivity index (χ4n) is 2.25. The van der Waals surface area contributed by atoms with E-state index >= 15 is 0 Å². The molecule has 0 radical (unpaired) electrons. The molecule has 2 nitrogen and oxygen atoms in total. The summed E-state index contributed by atoms with van der Waals surface area (Å²) < 4.78 is 1.30. The highest BCUT2D eigenvalue weighted by Gasteiger charge is 2.22. The van der Waals surface area contributed by atoms with Crippen LogP contribution in [-0.2, 0) is 0 Å². The zero-order valence-electron chi connectivity index (χ0n) is 9.91. The summed E-state index contributed by atoms with van der Waals surface area (Å²) in [4.78, 5) is 2.47. The third-order valence-electron chi connectivity index (χ3n) is 2.95. The number of benzene rings is 1. The van der Waals surface area contributed by atoms with Crippen LogP contribution in [0, 0.1) is 3.57 Å². The van der Waals surface area contributed by atoms with Crippen molar-refractivity contribution in [1.29, 1.82) is 0 Å². The third kappa shape index (κ3) is 3.10. The smallest absolute Gasteiger partial charge is 0.0367 e. The summed E-state index contributed by atoms with van der Waals surface area (Å²) in [5.74, 6) is 0. The molecule has 1 heterocycles. The van der Waals surface area contributed by atoms with Crippen LogP contribution in [0.4, 0.5) is 5.69 Å². The van der Waals surface area contributed by atoms with Crippen LogP contribution in [0.1, 0.15) is 20.3 Å². The molecular weight excluding hydrogens is 311 g/mol. The zero-order valence-corrected chi connectivity index (χ0v) is 12.1. The molecule has 88 valence electrons. The van der Waals surface area contributed by atoms with E-state index in [1.54, 1.807) is 0 Å². The second kappa shape index (κ2) is 5.36. The first-order valence-electron chi connectivity index (χ1n) is 5.91. The number of hydrogen-bond donors (Lipinski definition) is 1. The van der Waals surface area contributed by atoms with E-state index in [-0.39, 0.29) is 0 Å². The average Bonchev–Trinajstić information content (AvgIpc) is 2.66. The largest absolute Gasteiger partial charge is 0.370 e. The molecule has 1 unspecified atom stereocenters. The zero-order chi connectivity index (χ0) is 11.5. The standard InChI is InChI=1S/C13H19IN2/c1-10(2)15-12-7-8-16(9-12)13-5-3-11(14)4-6-13/h3-6,10,12,15H,7-9H2,1-2H3. The van der Waals surface area contributed by atoms with Crippen LogP contribution in [0.25, 0.3) is 0 Å². The molecule has 1 atom stereocenters. The molecule has 0 bridgehead atoms. The Hall–Kier alpha value is -0.290. The lowest BCUT2D eigenvalue weighted by Crippen LogP contribution is -2.36. The van der Waals surface area contributed by atoms with Crippen LogP contribution in [0.5, 0.6) is 0 Å². The van der Waals surface area contributed by atoms with Gasteiger partial charge in [-0.25, -0.2) is 0 Å². The number of anilines is 1. The summed E-state index contributed by atoms with van der Waals surface area (Å²) in [7, 11) is 0. The maximum Gasteiger partial charge on any atom is 0.0367 e. The van der Waals surface area contributed by atoms with Crippen molar-refractivity contribution in [3.05, 3.63) is 27.8 Å². The van der Waals surface area contributed by atoms with Gasteiger partial charge in [-0.2, -0.15) is 0 Å². The lowest BCUT2D eigenvalue weighted by atomic mass is 10.2. The molecule has 0 amide bonds. The molecule has 1 aliphatic rings. The molecule has 1 fully saturated rings. The quantitative estimate of drug-likeness (QED) is 0.858. The average molecular weight is 330 g/mol. The second-order valence-corrected chi connectivity index (χ2v) is 5.98. The minimum Gasteiger partial charge on any atom is -0.370 e. The van der Waals surface area contributed by atoms with Crippen molar-refractivity contribution >= 4 is 28.3 Å². The van der Waals surface area contributed by atoms with Crippen molar-refractivity contribution < 1.29 is 0 Å². The van der Waals surface area contributed by atoms with Crippen LogP contribution in [0.15, 0.2) is 24.3 Å². The summed E-state index contributed by atoms with van der Waals surface area (Å²) in [5, 5.41) is 3.61. The van der Waals surface area contributed by atoms with E-state index < -0.39 is 0 Å². The maximum atomic E-state index is 3.61. The lowest BCUT2D eigenvalue weighted by molar-refractivity contribution is 0.492. The third-order valence-corrected chi connectivity index (χ3v) is 3.67. The maximum absolute atomic E-state index is 3.61. The van der Waals surface area contributed by atoms with Gasteiger partial charge in [-0.05, 0) is 53.3 Å². The van der Waals surface area contributed by atoms with Crippen LogP contribution >= 0.6 is 22.6 Å². The topological polar surface area (TPSA) is 15.3 Å². The van der Waals surface area contributed by atoms with Gasteiger partial charge in [-0.3, -0.25) is 0 Å². The molecule has 1 aromatic rings. The van der Waals surface area contributed by atoms with Gasteiger partial charge in [-0.15, -0.1) is 0 Å². The van der Waals surface area contributed by atoms with E-state index in [4.69, 9.17) is 0 Å². The molecular formula is C13H19IN2. The minimum absolute atomic E-state index is 0.585. The van der Waals surface area contributed by atoms with Gasteiger partial charge in [0.2, 0.25) is 0 Å². The molecule has 0 spiro atoms. The number of hydrogen-bond acceptors (Lipinski definition) is 2. The highest BCUT2D eigenvalue weighted by atomic mass is 127. The van der Waals surface area contributed by atoms with Gasteiger partial charge in [0, 0.05) is 34.4 Å². The molecule has 1 saturated heterocycles. The molecule has 0 aromatic heterocycles. The first-order valence-corrected chi connectivity index (χ1v) is 6.99. The SMILES string of the molecule is CC(C)NC1CCN(c2ccc(I)cc2)C1. The lowest BCUT2D eigenvalue weighted by Gasteiger charge is -2.20. The van der Waals surface area contributed by atoms with Crippen LogP contribution in [0.3, 0.4) is 0 Å². The van der Waals surface area contributed by atoms with E-state index in [1.165, 1.54) is 22.2 Å². The Bertz CT molecular complexity index is 334. The van der Waals surface area contributed by atoms with Crippen LogP contribution < -0.4 is 10.2 Å². The minimum atomic E-state index is 0.585. The Morgan fingerprint density at radius 1 is 1.31 bits per heavy atom. The van der Waals surface area contributed by atoms with Crippen molar-refractivity contribution in [1.82, 2.24) is 5.32 Å². The molecule has 0 saturated carbocycles. The second-order valence-electron chi connectivity index (χ2n) is 4.73. The van der Waals surface area contributed by atoms with Gasteiger partial charge < -0.3 is 10.2 Å². The van der Waals surface area contributed by atoms with Crippen LogP contribution in [0.2, 0.25) is 0 Å². The molecule has 0 aliphatic carbocycles.